The summed E-state index contributed by atoms with van der Waals surface area (Å²) >= 11 is 0. The first-order valence-electron chi connectivity index (χ1n) is 7.64. The molecule has 22 heavy (non-hydrogen) atoms. The van der Waals surface area contributed by atoms with Crippen molar-refractivity contribution in [2.24, 2.45) is 5.73 Å². The number of nitrogens with one attached hydrogen (secondary N) is 2. The fourth-order valence-electron chi connectivity index (χ4n) is 2.89. The summed E-state index contributed by atoms with van der Waals surface area (Å²) < 4.78 is 1.89. The zero-order valence-electron chi connectivity index (χ0n) is 13.3. The molecule has 0 saturated heterocycles. The average molecular weight is 308 g/mol. The fourth-order valence-corrected chi connectivity index (χ4v) is 2.89. The van der Waals surface area contributed by atoms with Crippen molar-refractivity contribution in [2.45, 2.75) is 64.1 Å². The standard InChI is InChI=1S/C14H24N6O2/c1-9(2)20-8-16-19-11(20)10(3)17-13(22)18-14(12(15)21)6-4-5-7-14/h8-10H,4-7H2,1-3H3,(H2,15,21)(H2,17,18,22). The second-order valence-electron chi connectivity index (χ2n) is 6.16. The zero-order chi connectivity index (χ0) is 16.3. The van der Waals surface area contributed by atoms with E-state index < -0.39 is 17.5 Å². The van der Waals surface area contributed by atoms with Gasteiger partial charge in [-0.05, 0) is 33.6 Å². The Labute approximate surface area is 129 Å². The van der Waals surface area contributed by atoms with Gasteiger partial charge in [-0.15, -0.1) is 10.2 Å². The van der Waals surface area contributed by atoms with E-state index >= 15 is 0 Å². The van der Waals surface area contributed by atoms with Gasteiger partial charge in [0.25, 0.3) is 0 Å². The second-order valence-corrected chi connectivity index (χ2v) is 6.16. The van der Waals surface area contributed by atoms with E-state index in [-0.39, 0.29) is 12.1 Å². The quantitative estimate of drug-likeness (QED) is 0.753. The number of carbonyl (C=O) groups excluding carboxylic acids is 2. The molecule has 122 valence electrons. The van der Waals surface area contributed by atoms with Gasteiger partial charge in [0.05, 0.1) is 6.04 Å². The van der Waals surface area contributed by atoms with Crippen LogP contribution in [0.15, 0.2) is 6.33 Å². The summed E-state index contributed by atoms with van der Waals surface area (Å²) in [5, 5.41) is 13.5. The van der Waals surface area contributed by atoms with Crippen molar-refractivity contribution in [1.29, 1.82) is 0 Å². The lowest BCUT2D eigenvalue weighted by molar-refractivity contribution is -0.123. The maximum Gasteiger partial charge on any atom is 0.316 e. The van der Waals surface area contributed by atoms with Crippen LogP contribution in [-0.4, -0.2) is 32.2 Å². The third kappa shape index (κ3) is 3.20. The summed E-state index contributed by atoms with van der Waals surface area (Å²) in [5.41, 5.74) is 4.54. The summed E-state index contributed by atoms with van der Waals surface area (Å²) in [6.45, 7) is 5.86. The first kappa shape index (κ1) is 16.3. The van der Waals surface area contributed by atoms with Crippen LogP contribution in [0.4, 0.5) is 4.79 Å². The van der Waals surface area contributed by atoms with E-state index in [2.05, 4.69) is 20.8 Å². The summed E-state index contributed by atoms with van der Waals surface area (Å²) in [6.07, 6.45) is 4.59. The molecule has 0 spiro atoms. The van der Waals surface area contributed by atoms with Crippen LogP contribution >= 0.6 is 0 Å². The Morgan fingerprint density at radius 3 is 2.50 bits per heavy atom. The van der Waals surface area contributed by atoms with E-state index in [1.54, 1.807) is 6.33 Å². The number of carbonyl (C=O) groups is 2. The molecule has 1 unspecified atom stereocenters. The molecule has 1 atom stereocenters. The number of hydrogen-bond acceptors (Lipinski definition) is 4. The molecule has 1 aliphatic carbocycles. The van der Waals surface area contributed by atoms with Crippen LogP contribution in [0.5, 0.6) is 0 Å². The number of amides is 3. The van der Waals surface area contributed by atoms with Gasteiger partial charge in [0, 0.05) is 6.04 Å². The molecule has 0 bridgehead atoms. The molecular formula is C14H24N6O2. The number of nitrogens with zero attached hydrogens (tertiary/aromatic N) is 3. The lowest BCUT2D eigenvalue weighted by Crippen LogP contribution is -2.58. The van der Waals surface area contributed by atoms with Crippen LogP contribution in [-0.2, 0) is 4.79 Å². The Morgan fingerprint density at radius 2 is 1.95 bits per heavy atom. The molecular weight excluding hydrogens is 284 g/mol. The highest BCUT2D eigenvalue weighted by atomic mass is 16.2. The van der Waals surface area contributed by atoms with E-state index in [1.165, 1.54) is 0 Å². The topological polar surface area (TPSA) is 115 Å². The Kier molecular flexibility index (Phi) is 4.68. The average Bonchev–Trinajstić information content (AvgIpc) is 3.07. The third-order valence-electron chi connectivity index (χ3n) is 4.17. The van der Waals surface area contributed by atoms with Crippen LogP contribution in [0.3, 0.4) is 0 Å². The lowest BCUT2D eigenvalue weighted by Gasteiger charge is -2.27. The monoisotopic (exact) mass is 308 g/mol. The molecule has 0 radical (unpaired) electrons. The molecule has 8 nitrogen and oxygen atoms in total. The van der Waals surface area contributed by atoms with Crippen LogP contribution in [0.2, 0.25) is 0 Å². The molecule has 1 aromatic heterocycles. The van der Waals surface area contributed by atoms with Gasteiger partial charge in [-0.3, -0.25) is 4.79 Å². The summed E-state index contributed by atoms with van der Waals surface area (Å²) in [4.78, 5) is 23.9. The minimum atomic E-state index is -0.921. The predicted octanol–water partition coefficient (Wildman–Crippen LogP) is 1.02. The molecule has 1 aromatic rings. The van der Waals surface area contributed by atoms with Gasteiger partial charge >= 0.3 is 6.03 Å². The Bertz CT molecular complexity index is 547. The molecule has 1 fully saturated rings. The van der Waals surface area contributed by atoms with Crippen LogP contribution in [0.1, 0.15) is 64.4 Å². The highest BCUT2D eigenvalue weighted by Gasteiger charge is 2.41. The first-order valence-corrected chi connectivity index (χ1v) is 7.64. The fraction of sp³-hybridized carbons (Fsp3) is 0.714. The zero-order valence-corrected chi connectivity index (χ0v) is 13.3. The number of urea groups is 1. The molecule has 0 aromatic carbocycles. The van der Waals surface area contributed by atoms with Gasteiger partial charge < -0.3 is 20.9 Å². The normalized spacial score (nSPS) is 18.2. The number of rotatable bonds is 5. The van der Waals surface area contributed by atoms with Crippen LogP contribution < -0.4 is 16.4 Å². The molecule has 2 rings (SSSR count). The van der Waals surface area contributed by atoms with E-state index in [0.717, 1.165) is 12.8 Å². The Balaban J connectivity index is 2.02. The second kappa shape index (κ2) is 6.33. The van der Waals surface area contributed by atoms with E-state index in [4.69, 9.17) is 5.73 Å². The maximum atomic E-state index is 12.2. The SMILES string of the molecule is CC(NC(=O)NC1(C(N)=O)CCCC1)c1nncn1C(C)C. The van der Waals surface area contributed by atoms with Gasteiger partial charge in [0.2, 0.25) is 5.91 Å². The van der Waals surface area contributed by atoms with Crippen molar-refractivity contribution < 1.29 is 9.59 Å². The maximum absolute atomic E-state index is 12.2. The van der Waals surface area contributed by atoms with Crippen molar-refractivity contribution in [3.63, 3.8) is 0 Å². The minimum absolute atomic E-state index is 0.198. The van der Waals surface area contributed by atoms with Gasteiger partial charge in [0.1, 0.15) is 11.9 Å². The lowest BCUT2D eigenvalue weighted by atomic mass is 9.97. The molecule has 1 aliphatic rings. The Hall–Kier alpha value is -2.12. The summed E-state index contributed by atoms with van der Waals surface area (Å²) in [7, 11) is 0. The van der Waals surface area contributed by atoms with Crippen molar-refractivity contribution in [1.82, 2.24) is 25.4 Å². The minimum Gasteiger partial charge on any atom is -0.368 e. The Morgan fingerprint density at radius 1 is 1.32 bits per heavy atom. The summed E-state index contributed by atoms with van der Waals surface area (Å²) in [6, 6.07) is -0.535. The van der Waals surface area contributed by atoms with Crippen LogP contribution in [0, 0.1) is 0 Å². The van der Waals surface area contributed by atoms with Crippen molar-refractivity contribution in [3.8, 4) is 0 Å². The highest BCUT2D eigenvalue weighted by Crippen LogP contribution is 2.29. The summed E-state index contributed by atoms with van der Waals surface area (Å²) in [5.74, 6) is 0.197. The largest absolute Gasteiger partial charge is 0.368 e. The highest BCUT2D eigenvalue weighted by molar-refractivity contribution is 5.90. The van der Waals surface area contributed by atoms with Gasteiger partial charge in [-0.25, -0.2) is 4.79 Å². The van der Waals surface area contributed by atoms with Crippen molar-refractivity contribution >= 4 is 11.9 Å². The van der Waals surface area contributed by atoms with E-state index in [0.29, 0.717) is 18.7 Å². The first-order chi connectivity index (χ1) is 10.4. The molecule has 0 aliphatic heterocycles. The molecule has 4 N–H and O–H groups in total. The van der Waals surface area contributed by atoms with Gasteiger partial charge in [-0.2, -0.15) is 0 Å². The molecule has 1 heterocycles. The van der Waals surface area contributed by atoms with Crippen molar-refractivity contribution in [2.75, 3.05) is 0 Å². The van der Waals surface area contributed by atoms with Gasteiger partial charge in [-0.1, -0.05) is 12.8 Å². The number of nitrogens with two attached hydrogens (primary N) is 1. The van der Waals surface area contributed by atoms with E-state index in [9.17, 15) is 9.59 Å². The van der Waals surface area contributed by atoms with Gasteiger partial charge in [0.15, 0.2) is 5.82 Å². The third-order valence-corrected chi connectivity index (χ3v) is 4.17. The number of aromatic nitrogens is 3. The predicted molar refractivity (Wildman–Crippen MR) is 80.9 cm³/mol. The molecule has 8 heteroatoms. The number of primary amides is 1. The molecule has 1 saturated carbocycles. The van der Waals surface area contributed by atoms with E-state index in [1.807, 2.05) is 25.3 Å². The van der Waals surface area contributed by atoms with Crippen molar-refractivity contribution in [3.05, 3.63) is 12.2 Å². The molecule has 3 amide bonds. The van der Waals surface area contributed by atoms with Crippen LogP contribution in [0.25, 0.3) is 0 Å². The number of hydrogen-bond donors (Lipinski definition) is 3. The smallest absolute Gasteiger partial charge is 0.316 e.